The lowest BCUT2D eigenvalue weighted by atomic mass is 10.3. The average Bonchev–Trinajstić information content (AvgIpc) is 2.94. The second kappa shape index (κ2) is 6.25. The first-order valence-corrected chi connectivity index (χ1v) is 8.37. The Kier molecular flexibility index (Phi) is 4.61. The summed E-state index contributed by atoms with van der Waals surface area (Å²) in [5, 5.41) is 13.5. The standard InChI is InChI=1S/C13H14N2O4S2/c1-14-21(18,19)12-4-2-3-10(6-12)15-7-11-5-9(8-20-11)13(16)17/h2-6,8,14-15H,7H2,1H3,(H,16,17). The number of sulfonamides is 1. The van der Waals surface area contributed by atoms with Gasteiger partial charge in [0.15, 0.2) is 0 Å². The first-order chi connectivity index (χ1) is 9.92. The van der Waals surface area contributed by atoms with Crippen LogP contribution in [-0.2, 0) is 16.6 Å². The monoisotopic (exact) mass is 326 g/mol. The Balaban J connectivity index is 2.10. The molecule has 0 atom stereocenters. The first-order valence-electron chi connectivity index (χ1n) is 6.00. The van der Waals surface area contributed by atoms with Crippen LogP contribution in [0.25, 0.3) is 0 Å². The van der Waals surface area contributed by atoms with Crippen molar-refractivity contribution in [3.63, 3.8) is 0 Å². The zero-order valence-corrected chi connectivity index (χ0v) is 12.8. The summed E-state index contributed by atoms with van der Waals surface area (Å²) in [5.74, 6) is -0.959. The van der Waals surface area contributed by atoms with Crippen LogP contribution < -0.4 is 10.0 Å². The van der Waals surface area contributed by atoms with Crippen molar-refractivity contribution in [2.45, 2.75) is 11.4 Å². The van der Waals surface area contributed by atoms with Crippen molar-refractivity contribution in [3.8, 4) is 0 Å². The predicted molar refractivity (Wildman–Crippen MR) is 81.3 cm³/mol. The third-order valence-corrected chi connectivity index (χ3v) is 5.13. The number of carboxylic acids is 1. The zero-order chi connectivity index (χ0) is 15.5. The number of carbonyl (C=O) groups is 1. The number of nitrogens with one attached hydrogen (secondary N) is 2. The van der Waals surface area contributed by atoms with Gasteiger partial charge in [-0.15, -0.1) is 11.3 Å². The molecule has 2 aromatic rings. The molecule has 0 bridgehead atoms. The molecule has 8 heteroatoms. The van der Waals surface area contributed by atoms with Crippen molar-refractivity contribution >= 4 is 33.0 Å². The van der Waals surface area contributed by atoms with Gasteiger partial charge in [-0.05, 0) is 31.3 Å². The van der Waals surface area contributed by atoms with Crippen molar-refractivity contribution in [1.29, 1.82) is 0 Å². The molecule has 0 fully saturated rings. The summed E-state index contributed by atoms with van der Waals surface area (Å²) in [4.78, 5) is 11.8. The lowest BCUT2D eigenvalue weighted by Crippen LogP contribution is -2.18. The maximum absolute atomic E-state index is 11.7. The molecule has 0 saturated carbocycles. The van der Waals surface area contributed by atoms with Crippen LogP contribution in [0.5, 0.6) is 0 Å². The van der Waals surface area contributed by atoms with Gasteiger partial charge in [0.05, 0.1) is 10.5 Å². The van der Waals surface area contributed by atoms with Crippen LogP contribution >= 0.6 is 11.3 Å². The molecule has 0 unspecified atom stereocenters. The second-order valence-electron chi connectivity index (χ2n) is 4.20. The second-order valence-corrected chi connectivity index (χ2v) is 7.08. The third-order valence-electron chi connectivity index (χ3n) is 2.78. The minimum absolute atomic E-state index is 0.174. The van der Waals surface area contributed by atoms with E-state index in [-0.39, 0.29) is 10.5 Å². The van der Waals surface area contributed by atoms with E-state index in [4.69, 9.17) is 5.11 Å². The van der Waals surface area contributed by atoms with E-state index in [9.17, 15) is 13.2 Å². The zero-order valence-electron chi connectivity index (χ0n) is 11.2. The molecule has 0 aliphatic carbocycles. The first kappa shape index (κ1) is 15.5. The Morgan fingerprint density at radius 2 is 2.10 bits per heavy atom. The van der Waals surface area contributed by atoms with E-state index in [1.165, 1.54) is 30.5 Å². The van der Waals surface area contributed by atoms with Crippen LogP contribution in [0, 0.1) is 0 Å². The highest BCUT2D eigenvalue weighted by Crippen LogP contribution is 2.19. The van der Waals surface area contributed by atoms with Crippen molar-refractivity contribution in [1.82, 2.24) is 4.72 Å². The van der Waals surface area contributed by atoms with Crippen LogP contribution in [0.3, 0.4) is 0 Å². The number of anilines is 1. The molecule has 6 nitrogen and oxygen atoms in total. The molecule has 0 spiro atoms. The Labute approximate surface area is 126 Å². The van der Waals surface area contributed by atoms with Crippen LogP contribution in [0.2, 0.25) is 0 Å². The van der Waals surface area contributed by atoms with Crippen molar-refractivity contribution in [2.75, 3.05) is 12.4 Å². The molecule has 112 valence electrons. The lowest BCUT2D eigenvalue weighted by molar-refractivity contribution is 0.0697. The normalized spacial score (nSPS) is 11.3. The van der Waals surface area contributed by atoms with E-state index in [1.54, 1.807) is 23.6 Å². The maximum atomic E-state index is 11.7. The van der Waals surface area contributed by atoms with Gasteiger partial charge in [-0.25, -0.2) is 17.9 Å². The topological polar surface area (TPSA) is 95.5 Å². The van der Waals surface area contributed by atoms with Gasteiger partial charge in [-0.2, -0.15) is 0 Å². The summed E-state index contributed by atoms with van der Waals surface area (Å²) >= 11 is 1.34. The third kappa shape index (κ3) is 3.81. The fourth-order valence-electron chi connectivity index (χ4n) is 1.67. The lowest BCUT2D eigenvalue weighted by Gasteiger charge is -2.07. The number of aromatic carboxylic acids is 1. The molecule has 0 amide bonds. The van der Waals surface area contributed by atoms with E-state index < -0.39 is 16.0 Å². The smallest absolute Gasteiger partial charge is 0.336 e. The van der Waals surface area contributed by atoms with Crippen molar-refractivity contribution in [2.24, 2.45) is 0 Å². The van der Waals surface area contributed by atoms with E-state index in [0.717, 1.165) is 4.88 Å². The van der Waals surface area contributed by atoms with Gasteiger partial charge in [-0.3, -0.25) is 0 Å². The molecule has 3 N–H and O–H groups in total. The van der Waals surface area contributed by atoms with Crippen LogP contribution in [-0.4, -0.2) is 26.5 Å². The fraction of sp³-hybridized carbons (Fsp3) is 0.154. The van der Waals surface area contributed by atoms with Crippen molar-refractivity contribution < 1.29 is 18.3 Å². The fourth-order valence-corrected chi connectivity index (χ4v) is 3.24. The minimum atomic E-state index is -3.48. The molecule has 1 aromatic carbocycles. The SMILES string of the molecule is CNS(=O)(=O)c1cccc(NCc2cc(C(=O)O)cs2)c1. The van der Waals surface area contributed by atoms with Gasteiger partial charge in [0.25, 0.3) is 0 Å². The average molecular weight is 326 g/mol. The maximum Gasteiger partial charge on any atom is 0.336 e. The molecular weight excluding hydrogens is 312 g/mol. The number of hydrogen-bond acceptors (Lipinski definition) is 5. The number of hydrogen-bond donors (Lipinski definition) is 3. The molecule has 0 saturated heterocycles. The van der Waals surface area contributed by atoms with E-state index in [1.807, 2.05) is 0 Å². The van der Waals surface area contributed by atoms with Gasteiger partial charge in [0.1, 0.15) is 0 Å². The number of benzene rings is 1. The molecule has 21 heavy (non-hydrogen) atoms. The molecule has 0 radical (unpaired) electrons. The van der Waals surface area contributed by atoms with Gasteiger partial charge in [0, 0.05) is 22.5 Å². The van der Waals surface area contributed by atoms with E-state index >= 15 is 0 Å². The molecular formula is C13H14N2O4S2. The highest BCUT2D eigenvalue weighted by atomic mass is 32.2. The predicted octanol–water partition coefficient (Wildman–Crippen LogP) is 1.97. The van der Waals surface area contributed by atoms with E-state index in [0.29, 0.717) is 12.2 Å². The Hall–Kier alpha value is -1.90. The summed E-state index contributed by atoms with van der Waals surface area (Å²) in [6.07, 6.45) is 0. The quantitative estimate of drug-likeness (QED) is 0.754. The van der Waals surface area contributed by atoms with Crippen LogP contribution in [0.15, 0.2) is 40.6 Å². The van der Waals surface area contributed by atoms with Gasteiger partial charge < -0.3 is 10.4 Å². The summed E-state index contributed by atoms with van der Waals surface area (Å²) < 4.78 is 25.7. The van der Waals surface area contributed by atoms with Crippen molar-refractivity contribution in [3.05, 3.63) is 46.2 Å². The van der Waals surface area contributed by atoms with E-state index in [2.05, 4.69) is 10.0 Å². The molecule has 1 aromatic heterocycles. The van der Waals surface area contributed by atoms with Crippen LogP contribution in [0.1, 0.15) is 15.2 Å². The Bertz CT molecular complexity index is 753. The Morgan fingerprint density at radius 3 is 2.71 bits per heavy atom. The number of rotatable bonds is 6. The van der Waals surface area contributed by atoms with Crippen LogP contribution in [0.4, 0.5) is 5.69 Å². The molecule has 1 heterocycles. The number of carboxylic acid groups (broad SMARTS) is 1. The summed E-state index contributed by atoms with van der Waals surface area (Å²) in [6.45, 7) is 0.432. The molecule has 0 aliphatic heterocycles. The van der Waals surface area contributed by atoms with Gasteiger partial charge in [0.2, 0.25) is 10.0 Å². The minimum Gasteiger partial charge on any atom is -0.478 e. The summed E-state index contributed by atoms with van der Waals surface area (Å²) in [7, 11) is -2.12. The molecule has 0 aliphatic rings. The highest BCUT2D eigenvalue weighted by molar-refractivity contribution is 7.89. The van der Waals surface area contributed by atoms with Gasteiger partial charge >= 0.3 is 5.97 Å². The summed E-state index contributed by atoms with van der Waals surface area (Å²) in [5.41, 5.74) is 0.903. The molecule has 2 rings (SSSR count). The summed E-state index contributed by atoms with van der Waals surface area (Å²) in [6, 6.07) is 8.01. The Morgan fingerprint density at radius 1 is 1.33 bits per heavy atom. The number of thiophene rings is 1. The largest absolute Gasteiger partial charge is 0.478 e. The van der Waals surface area contributed by atoms with Gasteiger partial charge in [-0.1, -0.05) is 6.07 Å². The highest BCUT2D eigenvalue weighted by Gasteiger charge is 2.11.